The van der Waals surface area contributed by atoms with Crippen LogP contribution in [0.5, 0.6) is 0 Å². The van der Waals surface area contributed by atoms with E-state index in [1.165, 1.54) is 4.90 Å². The fourth-order valence-corrected chi connectivity index (χ4v) is 3.85. The van der Waals surface area contributed by atoms with E-state index in [-0.39, 0.29) is 18.2 Å². The fourth-order valence-electron chi connectivity index (χ4n) is 3.72. The predicted octanol–water partition coefficient (Wildman–Crippen LogP) is 1.81. The molecule has 1 atom stereocenters. The Kier molecular flexibility index (Phi) is 4.08. The van der Waals surface area contributed by atoms with Gasteiger partial charge in [-0.2, -0.15) is 0 Å². The Labute approximate surface area is 145 Å². The van der Waals surface area contributed by atoms with Crippen LogP contribution in [-0.4, -0.2) is 54.8 Å². The topological polar surface area (TPSA) is 59.1 Å². The summed E-state index contributed by atoms with van der Waals surface area (Å²) in [6, 6.07) is 6.37. The van der Waals surface area contributed by atoms with Gasteiger partial charge in [-0.15, -0.1) is 0 Å². The quantitative estimate of drug-likeness (QED) is 0.761. The maximum atomic E-state index is 12.8. The van der Waals surface area contributed by atoms with Crippen molar-refractivity contribution in [2.75, 3.05) is 31.2 Å². The van der Waals surface area contributed by atoms with E-state index in [1.54, 1.807) is 24.3 Å². The van der Waals surface area contributed by atoms with Crippen molar-refractivity contribution < 1.29 is 19.1 Å². The van der Waals surface area contributed by atoms with Gasteiger partial charge in [0.25, 0.3) is 5.91 Å². The number of carbonyl (C=O) groups is 2. The molecular weight excluding hydrogens is 332 g/mol. The third-order valence-electron chi connectivity index (χ3n) is 5.02. The van der Waals surface area contributed by atoms with E-state index in [4.69, 9.17) is 21.1 Å². The first-order valence-electron chi connectivity index (χ1n) is 8.22. The lowest BCUT2D eigenvalue weighted by Crippen LogP contribution is -2.51. The summed E-state index contributed by atoms with van der Waals surface area (Å²) in [5.74, 6) is -0.801. The summed E-state index contributed by atoms with van der Waals surface area (Å²) in [6.07, 6.45) is 1.67. The zero-order valence-corrected chi connectivity index (χ0v) is 14.0. The standard InChI is InChI=1S/C17H19ClN2O4/c18-12-1-3-13(4-2-12)20-15(21)11-14(16(20)22)19-7-5-17(6-8-19)23-9-10-24-17/h1-4,14H,5-11H2. The molecule has 0 N–H and O–H groups in total. The number of rotatable bonds is 2. The number of benzene rings is 1. The molecule has 1 aromatic carbocycles. The van der Waals surface area contributed by atoms with Gasteiger partial charge in [0, 0.05) is 31.0 Å². The number of imide groups is 1. The lowest BCUT2D eigenvalue weighted by atomic mass is 10.0. The number of carbonyl (C=O) groups excluding carboxylic acids is 2. The van der Waals surface area contributed by atoms with E-state index in [1.807, 2.05) is 0 Å². The molecule has 0 saturated carbocycles. The van der Waals surface area contributed by atoms with Crippen molar-refractivity contribution in [1.82, 2.24) is 4.90 Å². The first-order valence-corrected chi connectivity index (χ1v) is 8.60. The molecule has 0 aliphatic carbocycles. The summed E-state index contributed by atoms with van der Waals surface area (Å²) in [6.45, 7) is 2.65. The normalized spacial score (nSPS) is 27.4. The molecule has 3 fully saturated rings. The van der Waals surface area contributed by atoms with E-state index >= 15 is 0 Å². The van der Waals surface area contributed by atoms with E-state index in [9.17, 15) is 9.59 Å². The Bertz CT molecular complexity index is 647. The average molecular weight is 351 g/mol. The number of hydrogen-bond donors (Lipinski definition) is 0. The summed E-state index contributed by atoms with van der Waals surface area (Å²) in [7, 11) is 0. The van der Waals surface area contributed by atoms with Gasteiger partial charge in [0.05, 0.1) is 31.4 Å². The number of halogens is 1. The van der Waals surface area contributed by atoms with Gasteiger partial charge < -0.3 is 9.47 Å². The van der Waals surface area contributed by atoms with Gasteiger partial charge in [-0.3, -0.25) is 14.5 Å². The highest BCUT2D eigenvalue weighted by atomic mass is 35.5. The minimum absolute atomic E-state index is 0.161. The lowest BCUT2D eigenvalue weighted by Gasteiger charge is -2.39. The molecule has 24 heavy (non-hydrogen) atoms. The maximum Gasteiger partial charge on any atom is 0.251 e. The first kappa shape index (κ1) is 16.0. The summed E-state index contributed by atoms with van der Waals surface area (Å²) in [5, 5.41) is 0.576. The largest absolute Gasteiger partial charge is 0.347 e. The molecule has 0 aromatic heterocycles. The molecule has 3 saturated heterocycles. The minimum Gasteiger partial charge on any atom is -0.347 e. The van der Waals surface area contributed by atoms with Gasteiger partial charge >= 0.3 is 0 Å². The molecule has 3 aliphatic heterocycles. The minimum atomic E-state index is -0.474. The number of piperidine rings is 1. The molecule has 2 amide bonds. The maximum absolute atomic E-state index is 12.8. The second kappa shape index (κ2) is 6.11. The summed E-state index contributed by atoms with van der Waals surface area (Å²) in [4.78, 5) is 28.5. The highest BCUT2D eigenvalue weighted by Crippen LogP contribution is 2.34. The third-order valence-corrected chi connectivity index (χ3v) is 5.27. The monoisotopic (exact) mass is 350 g/mol. The highest BCUT2D eigenvalue weighted by molar-refractivity contribution is 6.30. The van der Waals surface area contributed by atoms with Crippen LogP contribution >= 0.6 is 11.6 Å². The average Bonchev–Trinajstić information content (AvgIpc) is 3.15. The van der Waals surface area contributed by atoms with E-state index in [0.29, 0.717) is 37.0 Å². The molecule has 128 valence electrons. The van der Waals surface area contributed by atoms with Crippen LogP contribution in [0.3, 0.4) is 0 Å². The summed E-state index contributed by atoms with van der Waals surface area (Å²) in [5.41, 5.74) is 0.577. The highest BCUT2D eigenvalue weighted by Gasteiger charge is 2.47. The van der Waals surface area contributed by atoms with Gasteiger partial charge in [-0.05, 0) is 24.3 Å². The van der Waals surface area contributed by atoms with Crippen molar-refractivity contribution in [2.45, 2.75) is 31.1 Å². The molecule has 3 aliphatic rings. The van der Waals surface area contributed by atoms with Crippen LogP contribution in [0.25, 0.3) is 0 Å². The smallest absolute Gasteiger partial charge is 0.251 e. The molecule has 7 heteroatoms. The van der Waals surface area contributed by atoms with Gasteiger partial charge in [-0.25, -0.2) is 4.90 Å². The van der Waals surface area contributed by atoms with Crippen molar-refractivity contribution in [3.8, 4) is 0 Å². The first-order chi connectivity index (χ1) is 11.6. The Balaban J connectivity index is 1.47. The van der Waals surface area contributed by atoms with E-state index in [0.717, 1.165) is 12.8 Å². The van der Waals surface area contributed by atoms with Crippen LogP contribution in [-0.2, 0) is 19.1 Å². The summed E-state index contributed by atoms with van der Waals surface area (Å²) >= 11 is 5.88. The van der Waals surface area contributed by atoms with E-state index < -0.39 is 11.8 Å². The lowest BCUT2D eigenvalue weighted by molar-refractivity contribution is -0.188. The Morgan fingerprint density at radius 1 is 1.04 bits per heavy atom. The number of hydrogen-bond acceptors (Lipinski definition) is 5. The van der Waals surface area contributed by atoms with Crippen LogP contribution in [0.2, 0.25) is 5.02 Å². The number of anilines is 1. The zero-order chi connectivity index (χ0) is 16.7. The van der Waals surface area contributed by atoms with Crippen LogP contribution < -0.4 is 4.90 Å². The molecule has 1 unspecified atom stereocenters. The van der Waals surface area contributed by atoms with Crippen LogP contribution in [0, 0.1) is 0 Å². The summed E-state index contributed by atoms with van der Waals surface area (Å²) < 4.78 is 11.4. The Morgan fingerprint density at radius 3 is 2.29 bits per heavy atom. The number of amides is 2. The molecule has 0 bridgehead atoms. The van der Waals surface area contributed by atoms with Gasteiger partial charge in [0.2, 0.25) is 5.91 Å². The number of nitrogens with zero attached hydrogens (tertiary/aromatic N) is 2. The van der Waals surface area contributed by atoms with Gasteiger partial charge in [-0.1, -0.05) is 11.6 Å². The van der Waals surface area contributed by atoms with Gasteiger partial charge in [0.1, 0.15) is 0 Å². The molecule has 6 nitrogen and oxygen atoms in total. The molecule has 3 heterocycles. The van der Waals surface area contributed by atoms with E-state index in [2.05, 4.69) is 4.90 Å². The van der Waals surface area contributed by atoms with Crippen molar-refractivity contribution >= 4 is 29.1 Å². The second-order valence-corrected chi connectivity index (χ2v) is 6.84. The molecular formula is C17H19ClN2O4. The number of ether oxygens (including phenoxy) is 2. The second-order valence-electron chi connectivity index (χ2n) is 6.41. The predicted molar refractivity (Wildman–Crippen MR) is 87.8 cm³/mol. The van der Waals surface area contributed by atoms with Crippen LogP contribution in [0.1, 0.15) is 19.3 Å². The van der Waals surface area contributed by atoms with Crippen molar-refractivity contribution in [2.24, 2.45) is 0 Å². The Hall–Kier alpha value is -1.47. The SMILES string of the molecule is O=C1CC(N2CCC3(CC2)OCCO3)C(=O)N1c1ccc(Cl)cc1. The fraction of sp³-hybridized carbons (Fsp3) is 0.529. The van der Waals surface area contributed by atoms with Crippen molar-refractivity contribution in [1.29, 1.82) is 0 Å². The van der Waals surface area contributed by atoms with Crippen LogP contribution in [0.15, 0.2) is 24.3 Å². The molecule has 4 rings (SSSR count). The van der Waals surface area contributed by atoms with Crippen molar-refractivity contribution in [3.63, 3.8) is 0 Å². The molecule has 1 aromatic rings. The van der Waals surface area contributed by atoms with Crippen LogP contribution in [0.4, 0.5) is 5.69 Å². The molecule has 1 spiro atoms. The van der Waals surface area contributed by atoms with Gasteiger partial charge in [0.15, 0.2) is 5.79 Å². The number of likely N-dealkylation sites (tertiary alicyclic amines) is 1. The Morgan fingerprint density at radius 2 is 1.67 bits per heavy atom. The molecule has 0 radical (unpaired) electrons. The van der Waals surface area contributed by atoms with Crippen molar-refractivity contribution in [3.05, 3.63) is 29.3 Å². The third kappa shape index (κ3) is 2.73. The zero-order valence-electron chi connectivity index (χ0n) is 13.2.